The molecule has 2 aliphatic rings. The van der Waals surface area contributed by atoms with Gasteiger partial charge in [0.2, 0.25) is 0 Å². The molecule has 1 aromatic rings. The lowest BCUT2D eigenvalue weighted by Crippen LogP contribution is -2.19. The van der Waals surface area contributed by atoms with Crippen molar-refractivity contribution >= 4 is 23.6 Å². The zero-order valence-corrected chi connectivity index (χ0v) is 14.7. The number of aliphatic hydroxyl groups is 2. The fourth-order valence-electron chi connectivity index (χ4n) is 2.93. The average Bonchev–Trinajstić information content (AvgIpc) is 3.26. The Hall–Kier alpha value is -2.22. The van der Waals surface area contributed by atoms with Gasteiger partial charge in [0.1, 0.15) is 28.9 Å². The second kappa shape index (κ2) is 7.19. The van der Waals surface area contributed by atoms with Crippen LogP contribution in [0.15, 0.2) is 24.0 Å². The number of phenolic OH excluding ortho intramolecular Hbond substituents is 2. The summed E-state index contributed by atoms with van der Waals surface area (Å²) in [5, 5.41) is 39.7. The minimum atomic E-state index is -0.839. The van der Waals surface area contributed by atoms with E-state index >= 15 is 0 Å². The van der Waals surface area contributed by atoms with Crippen molar-refractivity contribution in [1.82, 2.24) is 0 Å². The highest BCUT2D eigenvalue weighted by molar-refractivity contribution is 6.34. The molecule has 1 fully saturated rings. The number of carbonyl (C=O) groups is 1. The maximum atomic E-state index is 12.5. The van der Waals surface area contributed by atoms with Crippen LogP contribution in [0.25, 0.3) is 6.08 Å². The molecule has 0 aromatic heterocycles. The Bertz CT molecular complexity index is 786. The lowest BCUT2D eigenvalue weighted by Gasteiger charge is -2.16. The number of cyclic esters (lactones) is 1. The molecule has 0 amide bonds. The fraction of sp³-hybridized carbons (Fsp3) is 0.389. The van der Waals surface area contributed by atoms with E-state index < -0.39 is 29.7 Å². The lowest BCUT2D eigenvalue weighted by molar-refractivity contribution is 0.0306. The van der Waals surface area contributed by atoms with Crippen molar-refractivity contribution in [1.29, 1.82) is 0 Å². The van der Waals surface area contributed by atoms with Gasteiger partial charge in [0, 0.05) is 24.5 Å². The summed E-state index contributed by atoms with van der Waals surface area (Å²) in [5.74, 6) is -2.15. The summed E-state index contributed by atoms with van der Waals surface area (Å²) >= 11 is 6.04. The molecule has 0 aliphatic carbocycles. The number of hydrogen-bond acceptors (Lipinski definition) is 7. The van der Waals surface area contributed by atoms with E-state index in [2.05, 4.69) is 0 Å². The van der Waals surface area contributed by atoms with Gasteiger partial charge in [0.25, 0.3) is 0 Å². The van der Waals surface area contributed by atoms with Crippen LogP contribution in [0.2, 0.25) is 5.02 Å². The van der Waals surface area contributed by atoms with Gasteiger partial charge < -0.3 is 29.9 Å². The van der Waals surface area contributed by atoms with Crippen LogP contribution in [0.4, 0.5) is 0 Å². The molecule has 0 saturated carbocycles. The summed E-state index contributed by atoms with van der Waals surface area (Å²) in [6, 6.07) is 0.931. The van der Waals surface area contributed by atoms with Crippen molar-refractivity contribution < 1.29 is 34.7 Å². The number of esters is 1. The number of fused-ring (bicyclic) bond motifs is 2. The van der Waals surface area contributed by atoms with E-state index in [-0.39, 0.29) is 34.1 Å². The summed E-state index contributed by atoms with van der Waals surface area (Å²) < 4.78 is 10.8. The van der Waals surface area contributed by atoms with Gasteiger partial charge in [0.05, 0.1) is 23.3 Å². The predicted molar refractivity (Wildman–Crippen MR) is 93.3 cm³/mol. The number of benzene rings is 1. The van der Waals surface area contributed by atoms with Crippen molar-refractivity contribution in [3.8, 4) is 11.5 Å². The highest BCUT2D eigenvalue weighted by Gasteiger charge is 2.41. The molecule has 0 bridgehead atoms. The summed E-state index contributed by atoms with van der Waals surface area (Å²) in [4.78, 5) is 12.5. The number of rotatable bonds is 0. The molecule has 26 heavy (non-hydrogen) atoms. The summed E-state index contributed by atoms with van der Waals surface area (Å²) in [6.45, 7) is 1.69. The standard InChI is InChI=1S/C18H19ClO7/c1-8-4-14-15(26-14)6-10(21)3-2-9(20)5-11-16(18(24)25-8)12(22)7-13(23)17(11)19/h2-3,5,7-8,10,14-15,20-23H,4,6H2,1H3/b3-2+,9-5-/t8-,10-,14-,15-/m1/s1. The van der Waals surface area contributed by atoms with E-state index in [0.29, 0.717) is 12.8 Å². The van der Waals surface area contributed by atoms with Gasteiger partial charge in [-0.15, -0.1) is 0 Å². The van der Waals surface area contributed by atoms with Crippen molar-refractivity contribution in [2.45, 2.75) is 44.2 Å². The van der Waals surface area contributed by atoms with Crippen molar-refractivity contribution in [3.05, 3.63) is 40.1 Å². The van der Waals surface area contributed by atoms with E-state index in [4.69, 9.17) is 21.1 Å². The van der Waals surface area contributed by atoms with Crippen LogP contribution >= 0.6 is 11.6 Å². The number of epoxide rings is 1. The van der Waals surface area contributed by atoms with Crippen molar-refractivity contribution in [2.75, 3.05) is 0 Å². The highest BCUT2D eigenvalue weighted by Crippen LogP contribution is 2.38. The van der Waals surface area contributed by atoms with Crippen LogP contribution in [0.5, 0.6) is 11.5 Å². The van der Waals surface area contributed by atoms with Crippen LogP contribution in [-0.2, 0) is 9.47 Å². The van der Waals surface area contributed by atoms with Crippen LogP contribution in [0.3, 0.4) is 0 Å². The average molecular weight is 383 g/mol. The fourth-order valence-corrected chi connectivity index (χ4v) is 3.14. The molecule has 8 heteroatoms. The number of allylic oxidation sites excluding steroid dienone is 1. The Morgan fingerprint density at radius 3 is 2.58 bits per heavy atom. The molecule has 3 rings (SSSR count). The predicted octanol–water partition coefficient (Wildman–Crippen LogP) is 2.67. The molecule has 7 nitrogen and oxygen atoms in total. The molecule has 0 spiro atoms. The molecule has 1 saturated heterocycles. The smallest absolute Gasteiger partial charge is 0.342 e. The normalized spacial score (nSPS) is 32.3. The van der Waals surface area contributed by atoms with E-state index in [1.807, 2.05) is 0 Å². The molecule has 1 aromatic carbocycles. The first-order valence-electron chi connectivity index (χ1n) is 8.14. The van der Waals surface area contributed by atoms with Crippen molar-refractivity contribution in [3.63, 3.8) is 0 Å². The van der Waals surface area contributed by atoms with Gasteiger partial charge in [-0.25, -0.2) is 4.79 Å². The summed E-state index contributed by atoms with van der Waals surface area (Å²) in [7, 11) is 0. The molecular weight excluding hydrogens is 364 g/mol. The largest absolute Gasteiger partial charge is 0.508 e. The maximum absolute atomic E-state index is 12.5. The molecule has 0 radical (unpaired) electrons. The molecule has 4 atom stereocenters. The molecular formula is C18H19ClO7. The number of aliphatic hydroxyl groups excluding tert-OH is 2. The number of phenols is 2. The summed E-state index contributed by atoms with van der Waals surface area (Å²) in [5.41, 5.74) is -0.360. The van der Waals surface area contributed by atoms with Crippen LogP contribution in [-0.4, -0.2) is 50.8 Å². The zero-order chi connectivity index (χ0) is 19.0. The molecule has 140 valence electrons. The monoisotopic (exact) mass is 382 g/mol. The molecule has 2 aliphatic heterocycles. The van der Waals surface area contributed by atoms with Gasteiger partial charge >= 0.3 is 5.97 Å². The van der Waals surface area contributed by atoms with E-state index in [9.17, 15) is 25.2 Å². The first-order valence-corrected chi connectivity index (χ1v) is 8.52. The van der Waals surface area contributed by atoms with Crippen molar-refractivity contribution in [2.24, 2.45) is 0 Å². The topological polar surface area (TPSA) is 120 Å². The van der Waals surface area contributed by atoms with Crippen LogP contribution in [0, 0.1) is 0 Å². The third-order valence-electron chi connectivity index (χ3n) is 4.28. The number of ether oxygens (including phenoxy) is 2. The Morgan fingerprint density at radius 1 is 1.15 bits per heavy atom. The van der Waals surface area contributed by atoms with Gasteiger partial charge in [-0.2, -0.15) is 0 Å². The first kappa shape index (κ1) is 18.6. The number of aromatic hydroxyl groups is 2. The van der Waals surface area contributed by atoms with Crippen LogP contribution < -0.4 is 0 Å². The second-order valence-electron chi connectivity index (χ2n) is 6.41. The lowest BCUT2D eigenvalue weighted by atomic mass is 10.0. The Morgan fingerprint density at radius 2 is 1.85 bits per heavy atom. The second-order valence-corrected chi connectivity index (χ2v) is 6.79. The first-order chi connectivity index (χ1) is 12.3. The van der Waals surface area contributed by atoms with E-state index in [1.165, 1.54) is 12.2 Å². The maximum Gasteiger partial charge on any atom is 0.342 e. The van der Waals surface area contributed by atoms with Gasteiger partial charge in [-0.05, 0) is 19.1 Å². The highest BCUT2D eigenvalue weighted by atomic mass is 35.5. The van der Waals surface area contributed by atoms with E-state index in [1.54, 1.807) is 6.92 Å². The Kier molecular flexibility index (Phi) is 5.13. The number of hydrogen-bond donors (Lipinski definition) is 4. The Labute approximate surface area is 154 Å². The Balaban J connectivity index is 2.06. The molecule has 0 unspecified atom stereocenters. The van der Waals surface area contributed by atoms with E-state index in [0.717, 1.165) is 12.1 Å². The third kappa shape index (κ3) is 3.95. The number of halogens is 1. The zero-order valence-electron chi connectivity index (χ0n) is 13.9. The summed E-state index contributed by atoms with van der Waals surface area (Å²) in [6.07, 6.45) is 2.91. The van der Waals surface area contributed by atoms with Crippen LogP contribution in [0.1, 0.15) is 35.7 Å². The van der Waals surface area contributed by atoms with Gasteiger partial charge in [-0.1, -0.05) is 17.7 Å². The molecule has 4 N–H and O–H groups in total. The SMILES string of the molecule is C[C@@H]1C[C@H]2O[C@@H]2C[C@H](O)/C=C/C(O)=C/c2c(Cl)c(O)cc(O)c2C(=O)O1. The number of carbonyl (C=O) groups excluding carboxylic acids is 1. The van der Waals surface area contributed by atoms with Gasteiger partial charge in [0.15, 0.2) is 0 Å². The molecule has 2 heterocycles. The quantitative estimate of drug-likeness (QED) is 0.402. The minimum absolute atomic E-state index is 0.0874. The van der Waals surface area contributed by atoms with Gasteiger partial charge in [-0.3, -0.25) is 0 Å². The minimum Gasteiger partial charge on any atom is -0.508 e. The third-order valence-corrected chi connectivity index (χ3v) is 4.68.